The minimum Gasteiger partial charge on any atom is -0.339 e. The van der Waals surface area contributed by atoms with E-state index >= 15 is 0 Å². The molecule has 0 aromatic heterocycles. The number of hydrogen-bond donors (Lipinski definition) is 1. The number of likely N-dealkylation sites (tertiary alicyclic amines) is 1. The van der Waals surface area contributed by atoms with Gasteiger partial charge in [0.1, 0.15) is 0 Å². The molecular weight excluding hydrogens is 268 g/mol. The molecule has 2 aliphatic rings. The molecule has 2 atom stereocenters. The number of rotatable bonds is 3. The summed E-state index contributed by atoms with van der Waals surface area (Å²) in [5.41, 5.74) is 7.02. The van der Waals surface area contributed by atoms with Crippen LogP contribution in [0, 0.1) is 0 Å². The second-order valence-electron chi connectivity index (χ2n) is 5.68. The van der Waals surface area contributed by atoms with Gasteiger partial charge in [0.25, 0.3) is 0 Å². The van der Waals surface area contributed by atoms with Gasteiger partial charge < -0.3 is 10.6 Å². The van der Waals surface area contributed by atoms with E-state index < -0.39 is 0 Å². The molecule has 1 fully saturated rings. The van der Waals surface area contributed by atoms with Crippen LogP contribution >= 0.6 is 11.8 Å². The van der Waals surface area contributed by atoms with Gasteiger partial charge in [0.15, 0.2) is 0 Å². The van der Waals surface area contributed by atoms with Gasteiger partial charge in [0.2, 0.25) is 5.91 Å². The topological polar surface area (TPSA) is 46.3 Å². The van der Waals surface area contributed by atoms with Crippen LogP contribution in [0.1, 0.15) is 31.2 Å². The third-order valence-electron chi connectivity index (χ3n) is 4.33. The molecule has 2 unspecified atom stereocenters. The molecule has 2 heterocycles. The van der Waals surface area contributed by atoms with Crippen molar-refractivity contribution in [1.82, 2.24) is 4.90 Å². The average Bonchev–Trinajstić information content (AvgIpc) is 2.91. The Labute approximate surface area is 124 Å². The van der Waals surface area contributed by atoms with Crippen LogP contribution in [0.3, 0.4) is 0 Å². The van der Waals surface area contributed by atoms with Gasteiger partial charge in [-0.05, 0) is 50.3 Å². The zero-order valence-electron chi connectivity index (χ0n) is 11.8. The number of piperidine rings is 1. The Balaban J connectivity index is 1.70. The maximum Gasteiger partial charge on any atom is 0.236 e. The van der Waals surface area contributed by atoms with Crippen molar-refractivity contribution in [2.45, 2.75) is 48.3 Å². The van der Waals surface area contributed by atoms with Crippen molar-refractivity contribution in [3.63, 3.8) is 0 Å². The number of hydrogen-bond acceptors (Lipinski definition) is 3. The Bertz CT molecular complexity index is 464. The summed E-state index contributed by atoms with van der Waals surface area (Å²) in [6, 6.07) is 8.75. The Morgan fingerprint density at radius 1 is 1.35 bits per heavy atom. The second kappa shape index (κ2) is 6.19. The molecule has 20 heavy (non-hydrogen) atoms. The zero-order chi connectivity index (χ0) is 13.9. The lowest BCUT2D eigenvalue weighted by molar-refractivity contribution is -0.134. The van der Waals surface area contributed by atoms with Gasteiger partial charge in [-0.15, -0.1) is 11.8 Å². The number of thioether (sulfide) groups is 1. The summed E-state index contributed by atoms with van der Waals surface area (Å²) < 4.78 is 0. The molecule has 0 spiro atoms. The van der Waals surface area contributed by atoms with Gasteiger partial charge >= 0.3 is 0 Å². The van der Waals surface area contributed by atoms with Crippen molar-refractivity contribution < 1.29 is 4.79 Å². The molecule has 4 heteroatoms. The quantitative estimate of drug-likeness (QED) is 0.930. The number of carbonyl (C=O) groups excluding carboxylic acids is 1. The van der Waals surface area contributed by atoms with Gasteiger partial charge in [0, 0.05) is 17.5 Å². The van der Waals surface area contributed by atoms with Crippen LogP contribution < -0.4 is 5.73 Å². The van der Waals surface area contributed by atoms with E-state index in [9.17, 15) is 4.79 Å². The van der Waals surface area contributed by atoms with E-state index in [2.05, 4.69) is 29.2 Å². The molecule has 0 saturated carbocycles. The summed E-state index contributed by atoms with van der Waals surface area (Å²) in [6.07, 6.45) is 5.30. The predicted molar refractivity (Wildman–Crippen MR) is 82.8 cm³/mol. The van der Waals surface area contributed by atoms with E-state index in [0.29, 0.717) is 18.5 Å². The maximum absolute atomic E-state index is 12.8. The standard InChI is InChI=1S/C16H22N2OS/c17-9-8-13-6-3-4-10-18(13)16(19)15-11-12-5-1-2-7-14(12)20-15/h1-2,5,7,13,15H,3-4,6,8-11,17H2. The maximum atomic E-state index is 12.8. The molecule has 1 aromatic carbocycles. The highest BCUT2D eigenvalue weighted by atomic mass is 32.2. The summed E-state index contributed by atoms with van der Waals surface area (Å²) >= 11 is 1.74. The first-order valence-corrected chi connectivity index (χ1v) is 8.42. The summed E-state index contributed by atoms with van der Waals surface area (Å²) in [5.74, 6) is 0.323. The van der Waals surface area contributed by atoms with E-state index in [1.165, 1.54) is 16.9 Å². The van der Waals surface area contributed by atoms with Gasteiger partial charge in [0.05, 0.1) is 5.25 Å². The van der Waals surface area contributed by atoms with E-state index in [4.69, 9.17) is 5.73 Å². The molecule has 2 aliphatic heterocycles. The van der Waals surface area contributed by atoms with Crippen molar-refractivity contribution in [2.75, 3.05) is 13.1 Å². The van der Waals surface area contributed by atoms with Crippen molar-refractivity contribution >= 4 is 17.7 Å². The average molecular weight is 290 g/mol. The lowest BCUT2D eigenvalue weighted by atomic mass is 9.98. The number of nitrogens with two attached hydrogens (primary N) is 1. The van der Waals surface area contributed by atoms with Crippen LogP contribution in [0.5, 0.6) is 0 Å². The number of carbonyl (C=O) groups is 1. The molecule has 0 bridgehead atoms. The first-order valence-electron chi connectivity index (χ1n) is 7.54. The van der Waals surface area contributed by atoms with E-state index in [-0.39, 0.29) is 5.25 Å². The van der Waals surface area contributed by atoms with E-state index in [1.807, 2.05) is 0 Å². The van der Waals surface area contributed by atoms with Crippen molar-refractivity contribution in [1.29, 1.82) is 0 Å². The van der Waals surface area contributed by atoms with Crippen molar-refractivity contribution in [2.24, 2.45) is 5.73 Å². The van der Waals surface area contributed by atoms with Gasteiger partial charge in [-0.2, -0.15) is 0 Å². The monoisotopic (exact) mass is 290 g/mol. The van der Waals surface area contributed by atoms with Gasteiger partial charge in [-0.1, -0.05) is 18.2 Å². The first kappa shape index (κ1) is 14.0. The largest absolute Gasteiger partial charge is 0.339 e. The second-order valence-corrected chi connectivity index (χ2v) is 6.92. The van der Waals surface area contributed by atoms with E-state index in [1.54, 1.807) is 11.8 Å². The predicted octanol–water partition coefficient (Wildman–Crippen LogP) is 2.43. The van der Waals surface area contributed by atoms with Crippen molar-refractivity contribution in [3.8, 4) is 0 Å². The van der Waals surface area contributed by atoms with Gasteiger partial charge in [-0.3, -0.25) is 4.79 Å². The third-order valence-corrected chi connectivity index (χ3v) is 5.64. The molecule has 0 radical (unpaired) electrons. The Kier molecular flexibility index (Phi) is 4.32. The van der Waals surface area contributed by atoms with Crippen LogP contribution in [0.4, 0.5) is 0 Å². The molecule has 3 nitrogen and oxygen atoms in total. The van der Waals surface area contributed by atoms with Gasteiger partial charge in [-0.25, -0.2) is 0 Å². The number of amides is 1. The third kappa shape index (κ3) is 2.72. The minimum absolute atomic E-state index is 0.0748. The number of fused-ring (bicyclic) bond motifs is 1. The summed E-state index contributed by atoms with van der Waals surface area (Å²) in [6.45, 7) is 1.59. The van der Waals surface area contributed by atoms with Crippen molar-refractivity contribution in [3.05, 3.63) is 29.8 Å². The van der Waals surface area contributed by atoms with Crippen LogP contribution in [0.2, 0.25) is 0 Å². The zero-order valence-corrected chi connectivity index (χ0v) is 12.6. The molecular formula is C16H22N2OS. The molecule has 2 N–H and O–H groups in total. The highest BCUT2D eigenvalue weighted by molar-refractivity contribution is 8.01. The Morgan fingerprint density at radius 2 is 2.20 bits per heavy atom. The SMILES string of the molecule is NCCC1CCCCN1C(=O)C1Cc2ccccc2S1. The molecule has 1 saturated heterocycles. The number of benzene rings is 1. The summed E-state index contributed by atoms with van der Waals surface area (Å²) in [4.78, 5) is 16.2. The fourth-order valence-electron chi connectivity index (χ4n) is 3.29. The van der Waals surface area contributed by atoms with E-state index in [0.717, 1.165) is 32.2 Å². The minimum atomic E-state index is 0.0748. The van der Waals surface area contributed by atoms with Crippen LogP contribution in [0.15, 0.2) is 29.2 Å². The molecule has 1 amide bonds. The fourth-order valence-corrected chi connectivity index (χ4v) is 4.55. The Hall–Kier alpha value is -1.00. The highest BCUT2D eigenvalue weighted by Crippen LogP contribution is 2.38. The molecule has 1 aromatic rings. The summed E-state index contributed by atoms with van der Waals surface area (Å²) in [7, 11) is 0. The highest BCUT2D eigenvalue weighted by Gasteiger charge is 2.34. The normalized spacial score (nSPS) is 25.6. The van der Waals surface area contributed by atoms with Crippen LogP contribution in [0.25, 0.3) is 0 Å². The smallest absolute Gasteiger partial charge is 0.236 e. The van der Waals surface area contributed by atoms with Crippen LogP contribution in [-0.2, 0) is 11.2 Å². The first-order chi connectivity index (χ1) is 9.79. The molecule has 0 aliphatic carbocycles. The molecule has 108 valence electrons. The lowest BCUT2D eigenvalue weighted by Crippen LogP contribution is -2.48. The summed E-state index contributed by atoms with van der Waals surface area (Å²) in [5, 5.41) is 0.0748. The number of nitrogens with zero attached hydrogens (tertiary/aromatic N) is 1. The lowest BCUT2D eigenvalue weighted by Gasteiger charge is -2.37. The fraction of sp³-hybridized carbons (Fsp3) is 0.562. The molecule has 3 rings (SSSR count). The van der Waals surface area contributed by atoms with Crippen LogP contribution in [-0.4, -0.2) is 35.2 Å². The Morgan fingerprint density at radius 3 is 3.00 bits per heavy atom.